The third-order valence-corrected chi connectivity index (χ3v) is 5.83. The first-order valence-electron chi connectivity index (χ1n) is 8.15. The van der Waals surface area contributed by atoms with E-state index in [1.54, 1.807) is 44.3 Å². The van der Waals surface area contributed by atoms with E-state index in [1.165, 1.54) is 6.07 Å². The molecule has 0 bridgehead atoms. The van der Waals surface area contributed by atoms with Gasteiger partial charge in [-0.2, -0.15) is 0 Å². The smallest absolute Gasteiger partial charge is 0.267 e. The van der Waals surface area contributed by atoms with Crippen LogP contribution in [-0.4, -0.2) is 33.1 Å². The Labute approximate surface area is 155 Å². The Morgan fingerprint density at radius 2 is 1.85 bits per heavy atom. The fraction of sp³-hybridized carbons (Fsp3) is 0.167. The lowest BCUT2D eigenvalue weighted by molar-refractivity contribution is 0.0959. The van der Waals surface area contributed by atoms with E-state index in [0.717, 1.165) is 10.9 Å². The quantitative estimate of drug-likeness (QED) is 0.637. The zero-order chi connectivity index (χ0) is 19.2. The first-order valence-corrected chi connectivity index (χ1v) is 9.63. The number of benzene rings is 2. The Morgan fingerprint density at radius 1 is 1.11 bits per heavy atom. The number of carbonyl (C=O) groups excluding carboxylic acids is 1. The van der Waals surface area contributed by atoms with Crippen molar-refractivity contribution in [1.29, 1.82) is 0 Å². The van der Waals surface area contributed by atoms with Gasteiger partial charge in [-0.15, -0.1) is 0 Å². The largest absolute Gasteiger partial charge is 0.454 e. The first-order chi connectivity index (χ1) is 12.9. The van der Waals surface area contributed by atoms with Gasteiger partial charge < -0.3 is 19.8 Å². The SMILES string of the molecule is CNC(=O)c1cc2cc(NS(=O)(=O)c3cc4c(cc3C)OCO4)ccc2[nH]1. The van der Waals surface area contributed by atoms with Gasteiger partial charge in [-0.3, -0.25) is 9.52 Å². The normalized spacial score (nSPS) is 13.0. The van der Waals surface area contributed by atoms with E-state index >= 15 is 0 Å². The van der Waals surface area contributed by atoms with Gasteiger partial charge in [-0.25, -0.2) is 8.42 Å². The maximum atomic E-state index is 12.8. The summed E-state index contributed by atoms with van der Waals surface area (Å²) >= 11 is 0. The molecule has 0 saturated carbocycles. The van der Waals surface area contributed by atoms with Crippen molar-refractivity contribution in [2.24, 2.45) is 0 Å². The molecule has 0 radical (unpaired) electrons. The molecule has 0 aliphatic carbocycles. The van der Waals surface area contributed by atoms with Crippen LogP contribution >= 0.6 is 0 Å². The summed E-state index contributed by atoms with van der Waals surface area (Å²) in [6.07, 6.45) is 0. The summed E-state index contributed by atoms with van der Waals surface area (Å²) in [6, 6.07) is 9.77. The molecule has 0 unspecified atom stereocenters. The van der Waals surface area contributed by atoms with Crippen LogP contribution in [0.2, 0.25) is 0 Å². The van der Waals surface area contributed by atoms with Gasteiger partial charge in [-0.1, -0.05) is 0 Å². The third-order valence-electron chi connectivity index (χ3n) is 4.30. The second-order valence-electron chi connectivity index (χ2n) is 6.14. The van der Waals surface area contributed by atoms with E-state index in [9.17, 15) is 13.2 Å². The summed E-state index contributed by atoms with van der Waals surface area (Å²) in [5.74, 6) is 0.684. The van der Waals surface area contributed by atoms with Crippen molar-refractivity contribution in [1.82, 2.24) is 10.3 Å². The Morgan fingerprint density at radius 3 is 2.59 bits per heavy atom. The number of sulfonamides is 1. The molecule has 1 amide bonds. The highest BCUT2D eigenvalue weighted by molar-refractivity contribution is 7.92. The van der Waals surface area contributed by atoms with Crippen molar-refractivity contribution < 1.29 is 22.7 Å². The van der Waals surface area contributed by atoms with Gasteiger partial charge in [0.15, 0.2) is 11.5 Å². The Bertz CT molecular complexity index is 1170. The Kier molecular flexibility index (Phi) is 3.96. The molecule has 0 saturated heterocycles. The molecule has 3 aromatic rings. The van der Waals surface area contributed by atoms with E-state index in [-0.39, 0.29) is 17.6 Å². The minimum atomic E-state index is -3.82. The summed E-state index contributed by atoms with van der Waals surface area (Å²) in [5, 5.41) is 3.26. The number of fused-ring (bicyclic) bond motifs is 2. The fourth-order valence-corrected chi connectivity index (χ4v) is 4.27. The predicted molar refractivity (Wildman–Crippen MR) is 99.8 cm³/mol. The second kappa shape index (κ2) is 6.20. The highest BCUT2D eigenvalue weighted by Gasteiger charge is 2.23. The second-order valence-corrected chi connectivity index (χ2v) is 7.79. The maximum Gasteiger partial charge on any atom is 0.267 e. The molecule has 4 rings (SSSR count). The van der Waals surface area contributed by atoms with Crippen LogP contribution < -0.4 is 19.5 Å². The van der Waals surface area contributed by atoms with Crippen molar-refractivity contribution in [2.45, 2.75) is 11.8 Å². The summed E-state index contributed by atoms with van der Waals surface area (Å²) < 4.78 is 38.8. The van der Waals surface area contributed by atoms with Gasteiger partial charge in [0.1, 0.15) is 5.69 Å². The number of aromatic nitrogens is 1. The van der Waals surface area contributed by atoms with Crippen LogP contribution in [0.3, 0.4) is 0 Å². The van der Waals surface area contributed by atoms with E-state index in [1.807, 2.05) is 0 Å². The van der Waals surface area contributed by atoms with Crippen molar-refractivity contribution in [2.75, 3.05) is 18.6 Å². The number of nitrogens with one attached hydrogen (secondary N) is 3. The standard InChI is InChI=1S/C18H17N3O5S/c1-10-5-15-16(26-9-25-15)8-17(10)27(23,24)21-12-3-4-13-11(6-12)7-14(20-13)18(22)19-2/h3-8,20-21H,9H2,1-2H3,(H,19,22). The van der Waals surface area contributed by atoms with Crippen LogP contribution in [0.15, 0.2) is 41.3 Å². The Hall–Kier alpha value is -3.20. The number of aromatic amines is 1. The molecule has 27 heavy (non-hydrogen) atoms. The lowest BCUT2D eigenvalue weighted by Crippen LogP contribution is -2.17. The van der Waals surface area contributed by atoms with Crippen molar-refractivity contribution in [3.8, 4) is 11.5 Å². The lowest BCUT2D eigenvalue weighted by Gasteiger charge is -2.11. The highest BCUT2D eigenvalue weighted by atomic mass is 32.2. The molecule has 9 heteroatoms. The van der Waals surface area contributed by atoms with Crippen LogP contribution in [-0.2, 0) is 10.0 Å². The van der Waals surface area contributed by atoms with Gasteiger partial charge >= 0.3 is 0 Å². The monoisotopic (exact) mass is 387 g/mol. The number of H-pyrrole nitrogens is 1. The molecule has 0 atom stereocenters. The minimum absolute atomic E-state index is 0.0729. The van der Waals surface area contributed by atoms with Crippen LogP contribution in [0.4, 0.5) is 5.69 Å². The van der Waals surface area contributed by atoms with Crippen LogP contribution in [0.25, 0.3) is 10.9 Å². The number of hydrogen-bond acceptors (Lipinski definition) is 5. The van der Waals surface area contributed by atoms with Crippen molar-refractivity contribution >= 4 is 32.5 Å². The summed E-state index contributed by atoms with van der Waals surface area (Å²) in [5.41, 5.74) is 2.08. The lowest BCUT2D eigenvalue weighted by atomic mass is 10.2. The van der Waals surface area contributed by atoms with E-state index in [4.69, 9.17) is 9.47 Å². The van der Waals surface area contributed by atoms with Crippen LogP contribution in [0.1, 0.15) is 16.1 Å². The number of rotatable bonds is 4. The third kappa shape index (κ3) is 3.06. The minimum Gasteiger partial charge on any atom is -0.454 e. The predicted octanol–water partition coefficient (Wildman–Crippen LogP) is 2.37. The zero-order valence-corrected chi connectivity index (χ0v) is 15.4. The average Bonchev–Trinajstić information content (AvgIpc) is 3.25. The van der Waals surface area contributed by atoms with Crippen molar-refractivity contribution in [3.63, 3.8) is 0 Å². The van der Waals surface area contributed by atoms with Crippen molar-refractivity contribution in [3.05, 3.63) is 47.7 Å². The molecule has 0 fully saturated rings. The van der Waals surface area contributed by atoms with E-state index in [0.29, 0.717) is 28.4 Å². The summed E-state index contributed by atoms with van der Waals surface area (Å²) in [6.45, 7) is 1.77. The highest BCUT2D eigenvalue weighted by Crippen LogP contribution is 2.36. The van der Waals surface area contributed by atoms with Gasteiger partial charge in [0.2, 0.25) is 6.79 Å². The van der Waals surface area contributed by atoms with Gasteiger partial charge in [0, 0.05) is 29.7 Å². The summed E-state index contributed by atoms with van der Waals surface area (Å²) in [4.78, 5) is 14.8. The molecule has 2 heterocycles. The van der Waals surface area contributed by atoms with E-state index in [2.05, 4.69) is 15.0 Å². The molecule has 1 aliphatic heterocycles. The molecule has 1 aromatic heterocycles. The van der Waals surface area contributed by atoms with Crippen LogP contribution in [0.5, 0.6) is 11.5 Å². The number of ether oxygens (including phenoxy) is 2. The number of carbonyl (C=O) groups is 1. The maximum absolute atomic E-state index is 12.8. The summed E-state index contributed by atoms with van der Waals surface area (Å²) in [7, 11) is -2.28. The molecule has 8 nitrogen and oxygen atoms in total. The average molecular weight is 387 g/mol. The number of anilines is 1. The van der Waals surface area contributed by atoms with Gasteiger partial charge in [0.25, 0.3) is 15.9 Å². The molecule has 1 aliphatic rings. The van der Waals surface area contributed by atoms with E-state index < -0.39 is 10.0 Å². The molecule has 2 aromatic carbocycles. The zero-order valence-electron chi connectivity index (χ0n) is 14.6. The van der Waals surface area contributed by atoms with Gasteiger partial charge in [0.05, 0.1) is 4.90 Å². The van der Waals surface area contributed by atoms with Gasteiger partial charge in [-0.05, 0) is 42.8 Å². The molecule has 140 valence electrons. The van der Waals surface area contributed by atoms with Crippen LogP contribution in [0, 0.1) is 6.92 Å². The number of amides is 1. The topological polar surface area (TPSA) is 110 Å². The molecule has 0 spiro atoms. The molecular formula is C18H17N3O5S. The number of hydrogen-bond donors (Lipinski definition) is 3. The molecule has 3 N–H and O–H groups in total. The first kappa shape index (κ1) is 17.2. The molecular weight excluding hydrogens is 370 g/mol. The fourth-order valence-electron chi connectivity index (χ4n) is 2.98. The number of aryl methyl sites for hydroxylation is 1. The Balaban J connectivity index is 1.67.